The van der Waals surface area contributed by atoms with E-state index in [2.05, 4.69) is 15.3 Å². The number of fused-ring (bicyclic) bond motifs is 1. The van der Waals surface area contributed by atoms with Crippen LogP contribution in [0.1, 0.15) is 12.8 Å². The molecule has 0 aliphatic heterocycles. The molecule has 6 heteroatoms. The largest absolute Gasteiger partial charge is 0.490 e. The maximum Gasteiger partial charge on any atom is 0.173 e. The Labute approximate surface area is 143 Å². The first kappa shape index (κ1) is 15.1. The van der Waals surface area contributed by atoms with Crippen molar-refractivity contribution in [1.82, 2.24) is 9.97 Å². The second-order valence-electron chi connectivity index (χ2n) is 5.88. The average Bonchev–Trinajstić information content (AvgIpc) is 3.41. The summed E-state index contributed by atoms with van der Waals surface area (Å²) < 4.78 is 20.3. The minimum absolute atomic E-state index is 0.291. The molecule has 3 aromatic rings. The second-order valence-corrected chi connectivity index (χ2v) is 6.27. The number of halogens is 2. The fourth-order valence-electron chi connectivity index (χ4n) is 2.49. The average molecular weight is 344 g/mol. The molecule has 1 aliphatic carbocycles. The molecule has 0 amide bonds. The van der Waals surface area contributed by atoms with Crippen LogP contribution in [0.4, 0.5) is 15.9 Å². The quantitative estimate of drug-likeness (QED) is 0.665. The lowest BCUT2D eigenvalue weighted by Crippen LogP contribution is -2.02. The molecular formula is C18H15ClFN3O. The molecule has 4 rings (SSSR count). The second kappa shape index (κ2) is 6.24. The van der Waals surface area contributed by atoms with E-state index in [-0.39, 0.29) is 5.82 Å². The van der Waals surface area contributed by atoms with Crippen molar-refractivity contribution in [2.45, 2.75) is 12.8 Å². The van der Waals surface area contributed by atoms with Gasteiger partial charge in [-0.05, 0) is 49.1 Å². The van der Waals surface area contributed by atoms with Gasteiger partial charge in [0.05, 0.1) is 18.5 Å². The van der Waals surface area contributed by atoms with Gasteiger partial charge in [0.25, 0.3) is 0 Å². The summed E-state index contributed by atoms with van der Waals surface area (Å²) in [7, 11) is 0. The Bertz CT molecular complexity index is 881. The fourth-order valence-corrected chi connectivity index (χ4v) is 2.60. The number of benzene rings is 1. The van der Waals surface area contributed by atoms with Crippen molar-refractivity contribution in [3.8, 4) is 5.75 Å². The van der Waals surface area contributed by atoms with Crippen LogP contribution in [0.25, 0.3) is 10.8 Å². The summed E-state index contributed by atoms with van der Waals surface area (Å²) in [6.45, 7) is 0.578. The predicted octanol–water partition coefficient (Wildman–Crippen LogP) is 4.95. The third-order valence-electron chi connectivity index (χ3n) is 4.01. The van der Waals surface area contributed by atoms with Gasteiger partial charge in [-0.2, -0.15) is 0 Å². The molecule has 1 aromatic carbocycles. The molecule has 0 bridgehead atoms. The van der Waals surface area contributed by atoms with Gasteiger partial charge in [-0.15, -0.1) is 0 Å². The van der Waals surface area contributed by atoms with Crippen molar-refractivity contribution in [2.75, 3.05) is 11.9 Å². The number of hydrogen-bond acceptors (Lipinski definition) is 4. The van der Waals surface area contributed by atoms with E-state index in [9.17, 15) is 4.39 Å². The smallest absolute Gasteiger partial charge is 0.173 e. The summed E-state index contributed by atoms with van der Waals surface area (Å²) in [5, 5.41) is 4.71. The Hall–Kier alpha value is -2.40. The highest BCUT2D eigenvalue weighted by atomic mass is 35.5. The Morgan fingerprint density at radius 3 is 2.75 bits per heavy atom. The molecule has 0 saturated heterocycles. The topological polar surface area (TPSA) is 47.0 Å². The summed E-state index contributed by atoms with van der Waals surface area (Å²) in [6, 6.07) is 8.60. The van der Waals surface area contributed by atoms with Gasteiger partial charge in [0, 0.05) is 17.0 Å². The Balaban J connectivity index is 1.66. The summed E-state index contributed by atoms with van der Waals surface area (Å²) in [6.07, 6.45) is 5.51. The normalized spacial score (nSPS) is 13.9. The molecule has 0 radical (unpaired) electrons. The molecule has 1 fully saturated rings. The summed E-state index contributed by atoms with van der Waals surface area (Å²) >= 11 is 5.79. The van der Waals surface area contributed by atoms with E-state index in [1.807, 2.05) is 6.07 Å². The van der Waals surface area contributed by atoms with Crippen molar-refractivity contribution in [3.05, 3.63) is 53.7 Å². The first-order valence-corrected chi connectivity index (χ1v) is 8.17. The highest BCUT2D eigenvalue weighted by molar-refractivity contribution is 6.29. The number of nitrogens with one attached hydrogen (secondary N) is 1. The van der Waals surface area contributed by atoms with Crippen molar-refractivity contribution >= 4 is 33.9 Å². The van der Waals surface area contributed by atoms with E-state index in [4.69, 9.17) is 16.3 Å². The summed E-state index contributed by atoms with van der Waals surface area (Å²) in [5.74, 6) is 1.07. The van der Waals surface area contributed by atoms with Crippen LogP contribution in [0.2, 0.25) is 5.15 Å². The van der Waals surface area contributed by atoms with Crippen molar-refractivity contribution in [3.63, 3.8) is 0 Å². The highest BCUT2D eigenvalue weighted by Crippen LogP contribution is 2.33. The van der Waals surface area contributed by atoms with Gasteiger partial charge in [-0.25, -0.2) is 14.4 Å². The maximum atomic E-state index is 14.7. The first-order valence-electron chi connectivity index (χ1n) is 7.79. The van der Waals surface area contributed by atoms with Gasteiger partial charge >= 0.3 is 0 Å². The molecule has 2 heterocycles. The van der Waals surface area contributed by atoms with Gasteiger partial charge in [0.2, 0.25) is 0 Å². The molecule has 4 nitrogen and oxygen atoms in total. The van der Waals surface area contributed by atoms with E-state index in [0.717, 1.165) is 5.69 Å². The van der Waals surface area contributed by atoms with Crippen LogP contribution < -0.4 is 10.1 Å². The maximum absolute atomic E-state index is 14.7. The number of hydrogen-bond donors (Lipinski definition) is 1. The minimum atomic E-state index is -0.354. The summed E-state index contributed by atoms with van der Waals surface area (Å²) in [5.41, 5.74) is 0.730. The lowest BCUT2D eigenvalue weighted by atomic mass is 10.1. The number of nitrogens with zero attached hydrogens (tertiary/aromatic N) is 2. The molecule has 0 atom stereocenters. The monoisotopic (exact) mass is 343 g/mol. The van der Waals surface area contributed by atoms with Crippen LogP contribution in [0.15, 0.2) is 42.7 Å². The number of rotatable bonds is 5. The standard InChI is InChI=1S/C18H15ClFN3O/c19-16-6-3-12(9-22-16)23-18-14-4-5-15(24-10-11-1-2-11)17(20)13(14)7-8-21-18/h3-9,11H,1-2,10H2,(H,21,23). The molecule has 122 valence electrons. The molecule has 1 aliphatic rings. The van der Waals surface area contributed by atoms with Crippen LogP contribution in [0, 0.1) is 11.7 Å². The molecular weight excluding hydrogens is 329 g/mol. The lowest BCUT2D eigenvalue weighted by Gasteiger charge is -2.12. The van der Waals surface area contributed by atoms with Gasteiger partial charge in [-0.3, -0.25) is 0 Å². The number of anilines is 2. The first-order chi connectivity index (χ1) is 11.7. The van der Waals surface area contributed by atoms with Gasteiger partial charge in [0.15, 0.2) is 11.6 Å². The Kier molecular flexibility index (Phi) is 3.94. The zero-order chi connectivity index (χ0) is 16.5. The molecule has 24 heavy (non-hydrogen) atoms. The number of pyridine rings is 2. The van der Waals surface area contributed by atoms with Crippen molar-refractivity contribution in [1.29, 1.82) is 0 Å². The van der Waals surface area contributed by atoms with E-state index in [1.54, 1.807) is 36.7 Å². The van der Waals surface area contributed by atoms with Crippen LogP contribution in [-0.4, -0.2) is 16.6 Å². The van der Waals surface area contributed by atoms with Gasteiger partial charge in [0.1, 0.15) is 11.0 Å². The third-order valence-corrected chi connectivity index (χ3v) is 4.23. The van der Waals surface area contributed by atoms with Crippen LogP contribution in [-0.2, 0) is 0 Å². The van der Waals surface area contributed by atoms with E-state index >= 15 is 0 Å². The van der Waals surface area contributed by atoms with Crippen LogP contribution in [0.3, 0.4) is 0 Å². The van der Waals surface area contributed by atoms with Crippen LogP contribution >= 0.6 is 11.6 Å². The molecule has 2 aromatic heterocycles. The Morgan fingerprint density at radius 1 is 1.12 bits per heavy atom. The van der Waals surface area contributed by atoms with Gasteiger partial charge in [-0.1, -0.05) is 11.6 Å². The van der Waals surface area contributed by atoms with E-state index < -0.39 is 0 Å². The summed E-state index contributed by atoms with van der Waals surface area (Å²) in [4.78, 5) is 8.32. The van der Waals surface area contributed by atoms with Crippen molar-refractivity contribution < 1.29 is 9.13 Å². The zero-order valence-electron chi connectivity index (χ0n) is 12.8. The molecule has 1 N–H and O–H groups in total. The highest BCUT2D eigenvalue weighted by Gasteiger charge is 2.23. The SMILES string of the molecule is Fc1c(OCC2CC2)ccc2c(Nc3ccc(Cl)nc3)nccc12. The molecule has 1 saturated carbocycles. The zero-order valence-corrected chi connectivity index (χ0v) is 13.6. The fraction of sp³-hybridized carbons (Fsp3) is 0.222. The molecule has 0 spiro atoms. The predicted molar refractivity (Wildman–Crippen MR) is 92.4 cm³/mol. The van der Waals surface area contributed by atoms with Crippen molar-refractivity contribution in [2.24, 2.45) is 5.92 Å². The van der Waals surface area contributed by atoms with E-state index in [0.29, 0.717) is 40.0 Å². The minimum Gasteiger partial charge on any atom is -0.490 e. The Morgan fingerprint density at radius 2 is 2.00 bits per heavy atom. The van der Waals surface area contributed by atoms with E-state index in [1.165, 1.54) is 12.8 Å². The number of aromatic nitrogens is 2. The lowest BCUT2D eigenvalue weighted by molar-refractivity contribution is 0.286. The molecule has 0 unspecified atom stereocenters. The van der Waals surface area contributed by atoms with Crippen LogP contribution in [0.5, 0.6) is 5.75 Å². The third kappa shape index (κ3) is 3.12. The number of ether oxygens (including phenoxy) is 1. The van der Waals surface area contributed by atoms with Gasteiger partial charge < -0.3 is 10.1 Å².